The van der Waals surface area contributed by atoms with Gasteiger partial charge in [-0.25, -0.2) is 4.39 Å². The first-order valence-corrected chi connectivity index (χ1v) is 7.10. The van der Waals surface area contributed by atoms with Gasteiger partial charge in [0.1, 0.15) is 11.9 Å². The number of piperazine rings is 1. The van der Waals surface area contributed by atoms with Gasteiger partial charge in [0.15, 0.2) is 0 Å². The second-order valence-electron chi connectivity index (χ2n) is 5.29. The summed E-state index contributed by atoms with van der Waals surface area (Å²) in [5.74, 6) is -0.283. The van der Waals surface area contributed by atoms with E-state index < -0.39 is 6.04 Å². The summed E-state index contributed by atoms with van der Waals surface area (Å²) in [4.78, 5) is 16.0. The van der Waals surface area contributed by atoms with Crippen molar-refractivity contribution in [2.24, 2.45) is 5.73 Å². The summed E-state index contributed by atoms with van der Waals surface area (Å²) in [7, 11) is 1.53. The minimum absolute atomic E-state index is 0.0674. The zero-order valence-electron chi connectivity index (χ0n) is 12.3. The summed E-state index contributed by atoms with van der Waals surface area (Å²) in [6.07, 6.45) is 0. The molecule has 1 aromatic carbocycles. The molecular weight excluding hydrogens is 273 g/mol. The maximum Gasteiger partial charge on any atom is 0.241 e. The van der Waals surface area contributed by atoms with E-state index in [1.807, 2.05) is 6.07 Å². The van der Waals surface area contributed by atoms with Crippen LogP contribution in [0.3, 0.4) is 0 Å². The Hall–Kier alpha value is -1.50. The first kappa shape index (κ1) is 15.9. The zero-order chi connectivity index (χ0) is 15.2. The number of rotatable bonds is 5. The largest absolute Gasteiger partial charge is 0.383 e. The summed E-state index contributed by atoms with van der Waals surface area (Å²) in [6.45, 7) is 3.76. The Labute approximate surface area is 124 Å². The highest BCUT2D eigenvalue weighted by Gasteiger charge is 2.25. The van der Waals surface area contributed by atoms with E-state index in [2.05, 4.69) is 4.90 Å². The van der Waals surface area contributed by atoms with Crippen molar-refractivity contribution >= 4 is 5.91 Å². The molecule has 0 bridgehead atoms. The lowest BCUT2D eigenvalue weighted by atomic mass is 10.2. The van der Waals surface area contributed by atoms with Gasteiger partial charge in [-0.2, -0.15) is 0 Å². The predicted molar refractivity (Wildman–Crippen MR) is 78.1 cm³/mol. The number of halogens is 1. The van der Waals surface area contributed by atoms with E-state index in [4.69, 9.17) is 10.5 Å². The molecule has 0 radical (unpaired) electrons. The first-order chi connectivity index (χ1) is 10.1. The maximum atomic E-state index is 13.2. The van der Waals surface area contributed by atoms with E-state index >= 15 is 0 Å². The highest BCUT2D eigenvalue weighted by atomic mass is 19.1. The van der Waals surface area contributed by atoms with Crippen LogP contribution in [0, 0.1) is 5.82 Å². The number of nitrogens with two attached hydrogens (primary N) is 1. The van der Waals surface area contributed by atoms with Gasteiger partial charge in [-0.3, -0.25) is 9.69 Å². The SMILES string of the molecule is COC[C@@H](N)C(=O)N1CCN(Cc2cccc(F)c2)CC1. The van der Waals surface area contributed by atoms with Crippen LogP contribution in [0.1, 0.15) is 5.56 Å². The van der Waals surface area contributed by atoms with E-state index in [0.717, 1.165) is 18.7 Å². The van der Waals surface area contributed by atoms with Gasteiger partial charge in [0, 0.05) is 39.8 Å². The van der Waals surface area contributed by atoms with Crippen molar-refractivity contribution in [1.29, 1.82) is 0 Å². The molecule has 0 unspecified atom stereocenters. The molecule has 5 nitrogen and oxygen atoms in total. The first-order valence-electron chi connectivity index (χ1n) is 7.10. The lowest BCUT2D eigenvalue weighted by Gasteiger charge is -2.35. The summed E-state index contributed by atoms with van der Waals surface area (Å²) < 4.78 is 18.1. The van der Waals surface area contributed by atoms with Gasteiger partial charge in [0.25, 0.3) is 0 Å². The lowest BCUT2D eigenvalue weighted by molar-refractivity contribution is -0.135. The third kappa shape index (κ3) is 4.49. The Balaban J connectivity index is 1.82. The molecule has 1 aromatic rings. The molecule has 0 saturated carbocycles. The molecule has 116 valence electrons. The van der Waals surface area contributed by atoms with Gasteiger partial charge in [-0.1, -0.05) is 12.1 Å². The standard InChI is InChI=1S/C15H22FN3O2/c1-21-11-14(17)15(20)19-7-5-18(6-8-19)10-12-3-2-4-13(16)9-12/h2-4,9,14H,5-8,10-11,17H2,1H3/t14-/m1/s1. The van der Waals surface area contributed by atoms with Crippen molar-refractivity contribution in [2.75, 3.05) is 39.9 Å². The Bertz CT molecular complexity index is 476. The van der Waals surface area contributed by atoms with Crippen LogP contribution in [0.5, 0.6) is 0 Å². The smallest absolute Gasteiger partial charge is 0.241 e. The number of carbonyl (C=O) groups is 1. The number of nitrogens with zero attached hydrogens (tertiary/aromatic N) is 2. The highest BCUT2D eigenvalue weighted by Crippen LogP contribution is 2.10. The van der Waals surface area contributed by atoms with Gasteiger partial charge in [-0.15, -0.1) is 0 Å². The molecule has 1 fully saturated rings. The average Bonchev–Trinajstić information content (AvgIpc) is 2.47. The fraction of sp³-hybridized carbons (Fsp3) is 0.533. The second-order valence-corrected chi connectivity index (χ2v) is 5.29. The summed E-state index contributed by atoms with van der Waals surface area (Å²) in [6, 6.07) is 6.02. The summed E-state index contributed by atoms with van der Waals surface area (Å²) >= 11 is 0. The maximum absolute atomic E-state index is 13.2. The molecule has 2 N–H and O–H groups in total. The van der Waals surface area contributed by atoms with Crippen LogP contribution in [0.15, 0.2) is 24.3 Å². The quantitative estimate of drug-likeness (QED) is 0.856. The molecule has 21 heavy (non-hydrogen) atoms. The van der Waals surface area contributed by atoms with Crippen molar-refractivity contribution in [2.45, 2.75) is 12.6 Å². The summed E-state index contributed by atoms with van der Waals surface area (Å²) in [5, 5.41) is 0. The van der Waals surface area contributed by atoms with E-state index in [9.17, 15) is 9.18 Å². The number of benzene rings is 1. The molecule has 1 saturated heterocycles. The van der Waals surface area contributed by atoms with Gasteiger partial charge in [-0.05, 0) is 17.7 Å². The Morgan fingerprint density at radius 1 is 1.38 bits per heavy atom. The Morgan fingerprint density at radius 3 is 2.71 bits per heavy atom. The minimum atomic E-state index is -0.593. The fourth-order valence-corrected chi connectivity index (χ4v) is 2.51. The third-order valence-electron chi connectivity index (χ3n) is 3.64. The molecule has 1 aliphatic rings. The number of carbonyl (C=O) groups excluding carboxylic acids is 1. The van der Waals surface area contributed by atoms with Gasteiger partial charge >= 0.3 is 0 Å². The van der Waals surface area contributed by atoms with Crippen molar-refractivity contribution in [1.82, 2.24) is 9.80 Å². The van der Waals surface area contributed by atoms with Gasteiger partial charge in [0.2, 0.25) is 5.91 Å². The number of hydrogen-bond donors (Lipinski definition) is 1. The van der Waals surface area contributed by atoms with Crippen molar-refractivity contribution < 1.29 is 13.9 Å². The number of methoxy groups -OCH3 is 1. The summed E-state index contributed by atoms with van der Waals surface area (Å²) in [5.41, 5.74) is 6.71. The monoisotopic (exact) mass is 295 g/mol. The van der Waals surface area contributed by atoms with E-state index in [0.29, 0.717) is 19.6 Å². The molecule has 2 rings (SSSR count). The topological polar surface area (TPSA) is 58.8 Å². The van der Waals surface area contributed by atoms with Crippen LogP contribution in [-0.4, -0.2) is 61.6 Å². The van der Waals surface area contributed by atoms with Crippen molar-refractivity contribution in [3.05, 3.63) is 35.6 Å². The van der Waals surface area contributed by atoms with Crippen molar-refractivity contribution in [3.8, 4) is 0 Å². The van der Waals surface area contributed by atoms with Crippen LogP contribution in [0.4, 0.5) is 4.39 Å². The molecule has 6 heteroatoms. The molecular formula is C15H22FN3O2. The molecule has 0 aliphatic carbocycles. The highest BCUT2D eigenvalue weighted by molar-refractivity contribution is 5.81. The number of amides is 1. The van der Waals surface area contributed by atoms with E-state index in [-0.39, 0.29) is 18.3 Å². The van der Waals surface area contributed by atoms with Crippen LogP contribution < -0.4 is 5.73 Å². The van der Waals surface area contributed by atoms with Gasteiger partial charge < -0.3 is 15.4 Å². The van der Waals surface area contributed by atoms with Crippen LogP contribution in [-0.2, 0) is 16.1 Å². The van der Waals surface area contributed by atoms with E-state index in [1.54, 1.807) is 17.0 Å². The second kappa shape index (κ2) is 7.49. The predicted octanol–water partition coefficient (Wildman–Crippen LogP) is 0.444. The van der Waals surface area contributed by atoms with Crippen LogP contribution in [0.25, 0.3) is 0 Å². The molecule has 0 spiro atoms. The molecule has 1 aliphatic heterocycles. The third-order valence-corrected chi connectivity index (χ3v) is 3.64. The van der Waals surface area contributed by atoms with Crippen LogP contribution >= 0.6 is 0 Å². The lowest BCUT2D eigenvalue weighted by Crippen LogP contribution is -2.53. The zero-order valence-corrected chi connectivity index (χ0v) is 12.3. The molecule has 0 aromatic heterocycles. The van der Waals surface area contributed by atoms with E-state index in [1.165, 1.54) is 13.2 Å². The Morgan fingerprint density at radius 2 is 2.10 bits per heavy atom. The Kier molecular flexibility index (Phi) is 5.67. The van der Waals surface area contributed by atoms with Crippen LogP contribution in [0.2, 0.25) is 0 Å². The average molecular weight is 295 g/mol. The normalized spacial score (nSPS) is 17.8. The minimum Gasteiger partial charge on any atom is -0.383 e. The number of hydrogen-bond acceptors (Lipinski definition) is 4. The molecule has 1 heterocycles. The number of ether oxygens (including phenoxy) is 1. The fourth-order valence-electron chi connectivity index (χ4n) is 2.51. The molecule has 1 amide bonds. The van der Waals surface area contributed by atoms with Crippen molar-refractivity contribution in [3.63, 3.8) is 0 Å². The van der Waals surface area contributed by atoms with Gasteiger partial charge in [0.05, 0.1) is 6.61 Å². The molecule has 1 atom stereocenters.